The van der Waals surface area contributed by atoms with Gasteiger partial charge in [-0.3, -0.25) is 0 Å². The molecule has 0 saturated carbocycles. The molecule has 0 amide bonds. The van der Waals surface area contributed by atoms with E-state index in [1.165, 1.54) is 11.6 Å². The second-order valence-electron chi connectivity index (χ2n) is 4.50. The smallest absolute Gasteiger partial charge is 0.137 e. The number of hydrogen-bond donors (Lipinski definition) is 1. The number of anilines is 1. The molecule has 1 unspecified atom stereocenters. The molecule has 0 bridgehead atoms. The normalized spacial score (nSPS) is 12.2. The fourth-order valence-corrected chi connectivity index (χ4v) is 2.40. The van der Waals surface area contributed by atoms with Gasteiger partial charge in [-0.1, -0.05) is 23.7 Å². The molecular formula is C15H14BrClFN. The van der Waals surface area contributed by atoms with E-state index >= 15 is 0 Å². The van der Waals surface area contributed by atoms with Gasteiger partial charge in [0, 0.05) is 16.8 Å². The largest absolute Gasteiger partial charge is 0.382 e. The number of halogens is 3. The van der Waals surface area contributed by atoms with Crippen molar-refractivity contribution >= 4 is 33.2 Å². The van der Waals surface area contributed by atoms with Crippen LogP contribution in [0.15, 0.2) is 46.9 Å². The molecule has 2 rings (SSSR count). The summed E-state index contributed by atoms with van der Waals surface area (Å²) in [7, 11) is 0. The summed E-state index contributed by atoms with van der Waals surface area (Å²) in [6, 6.07) is 13.0. The van der Waals surface area contributed by atoms with E-state index < -0.39 is 0 Å². The van der Waals surface area contributed by atoms with Crippen LogP contribution in [0.5, 0.6) is 0 Å². The maximum absolute atomic E-state index is 13.1. The average molecular weight is 343 g/mol. The molecule has 0 spiro atoms. The summed E-state index contributed by atoms with van der Waals surface area (Å²) in [4.78, 5) is 0. The first kappa shape index (κ1) is 14.4. The fraction of sp³-hybridized carbons (Fsp3) is 0.200. The second-order valence-corrected chi connectivity index (χ2v) is 5.80. The monoisotopic (exact) mass is 341 g/mol. The Kier molecular flexibility index (Phi) is 4.83. The van der Waals surface area contributed by atoms with Gasteiger partial charge >= 0.3 is 0 Å². The molecular weight excluding hydrogens is 329 g/mol. The third kappa shape index (κ3) is 4.22. The Morgan fingerprint density at radius 1 is 1.21 bits per heavy atom. The van der Waals surface area contributed by atoms with Gasteiger partial charge in [0.1, 0.15) is 5.82 Å². The van der Waals surface area contributed by atoms with Crippen molar-refractivity contribution in [3.05, 3.63) is 63.3 Å². The first-order chi connectivity index (χ1) is 9.04. The van der Waals surface area contributed by atoms with Gasteiger partial charge in [-0.2, -0.15) is 0 Å². The summed E-state index contributed by atoms with van der Waals surface area (Å²) >= 11 is 9.03. The van der Waals surface area contributed by atoms with Crippen molar-refractivity contribution in [2.75, 3.05) is 5.32 Å². The van der Waals surface area contributed by atoms with E-state index in [4.69, 9.17) is 11.6 Å². The van der Waals surface area contributed by atoms with Crippen LogP contribution in [0.4, 0.5) is 10.1 Å². The van der Waals surface area contributed by atoms with Crippen LogP contribution >= 0.6 is 27.5 Å². The average Bonchev–Trinajstić information content (AvgIpc) is 2.37. The van der Waals surface area contributed by atoms with Crippen molar-refractivity contribution in [2.45, 2.75) is 19.4 Å². The SMILES string of the molecule is CC(Cc1ccc(Cl)cc1)Nc1ccc(F)c(Br)c1. The van der Waals surface area contributed by atoms with Gasteiger partial charge in [0.2, 0.25) is 0 Å². The quantitative estimate of drug-likeness (QED) is 0.796. The van der Waals surface area contributed by atoms with Gasteiger partial charge in [-0.15, -0.1) is 0 Å². The van der Waals surface area contributed by atoms with Crippen LogP contribution < -0.4 is 5.32 Å². The highest BCUT2D eigenvalue weighted by atomic mass is 79.9. The highest BCUT2D eigenvalue weighted by Gasteiger charge is 2.06. The maximum atomic E-state index is 13.1. The molecule has 2 aromatic carbocycles. The number of nitrogens with one attached hydrogen (secondary N) is 1. The molecule has 100 valence electrons. The Hall–Kier alpha value is -1.06. The summed E-state index contributed by atoms with van der Waals surface area (Å²) in [5.74, 6) is -0.254. The fourth-order valence-electron chi connectivity index (χ4n) is 1.90. The maximum Gasteiger partial charge on any atom is 0.137 e. The Morgan fingerprint density at radius 3 is 2.53 bits per heavy atom. The highest BCUT2D eigenvalue weighted by molar-refractivity contribution is 9.10. The van der Waals surface area contributed by atoms with Gasteiger partial charge in [-0.25, -0.2) is 4.39 Å². The zero-order valence-electron chi connectivity index (χ0n) is 10.5. The Balaban J connectivity index is 1.98. The van der Waals surface area contributed by atoms with E-state index in [9.17, 15) is 4.39 Å². The van der Waals surface area contributed by atoms with E-state index in [1.54, 1.807) is 12.1 Å². The first-order valence-corrected chi connectivity index (χ1v) is 7.18. The van der Waals surface area contributed by atoms with Crippen molar-refractivity contribution in [3.8, 4) is 0 Å². The molecule has 19 heavy (non-hydrogen) atoms. The molecule has 0 aliphatic rings. The highest BCUT2D eigenvalue weighted by Crippen LogP contribution is 2.21. The molecule has 0 fully saturated rings. The number of rotatable bonds is 4. The summed E-state index contributed by atoms with van der Waals surface area (Å²) in [5, 5.41) is 4.09. The third-order valence-corrected chi connectivity index (χ3v) is 3.65. The molecule has 1 atom stereocenters. The van der Waals surface area contributed by atoms with Gasteiger partial charge in [0.25, 0.3) is 0 Å². The van der Waals surface area contributed by atoms with E-state index in [1.807, 2.05) is 24.3 Å². The van der Waals surface area contributed by atoms with Crippen molar-refractivity contribution in [1.29, 1.82) is 0 Å². The molecule has 4 heteroatoms. The zero-order valence-corrected chi connectivity index (χ0v) is 12.8. The topological polar surface area (TPSA) is 12.0 Å². The minimum atomic E-state index is -0.254. The second kappa shape index (κ2) is 6.40. The van der Waals surface area contributed by atoms with E-state index in [-0.39, 0.29) is 11.9 Å². The third-order valence-electron chi connectivity index (χ3n) is 2.79. The number of benzene rings is 2. The van der Waals surface area contributed by atoms with E-state index in [2.05, 4.69) is 28.2 Å². The standard InChI is InChI=1S/C15H14BrClFN/c1-10(8-11-2-4-12(17)5-3-11)19-13-6-7-15(18)14(16)9-13/h2-7,9-10,19H,8H2,1H3. The first-order valence-electron chi connectivity index (χ1n) is 6.00. The molecule has 0 aromatic heterocycles. The molecule has 0 aliphatic heterocycles. The predicted molar refractivity (Wildman–Crippen MR) is 82.3 cm³/mol. The van der Waals surface area contributed by atoms with Crippen LogP contribution in [0.3, 0.4) is 0 Å². The molecule has 1 nitrogen and oxygen atoms in total. The Bertz CT molecular complexity index is 557. The van der Waals surface area contributed by atoms with E-state index in [0.717, 1.165) is 17.1 Å². The van der Waals surface area contributed by atoms with Crippen LogP contribution in [0.2, 0.25) is 5.02 Å². The molecule has 0 heterocycles. The number of hydrogen-bond acceptors (Lipinski definition) is 1. The molecule has 2 aromatic rings. The minimum absolute atomic E-state index is 0.249. The molecule has 1 N–H and O–H groups in total. The van der Waals surface area contributed by atoms with Gasteiger partial charge in [0.15, 0.2) is 0 Å². The summed E-state index contributed by atoms with van der Waals surface area (Å²) in [6.45, 7) is 2.09. The Labute approximate surface area is 125 Å². The van der Waals surface area contributed by atoms with Gasteiger partial charge in [0.05, 0.1) is 4.47 Å². The molecule has 0 saturated heterocycles. The van der Waals surface area contributed by atoms with Gasteiger partial charge in [-0.05, 0) is 65.2 Å². The predicted octanol–water partition coefficient (Wildman–Crippen LogP) is 5.28. The molecule has 0 radical (unpaired) electrons. The summed E-state index contributed by atoms with van der Waals surface area (Å²) in [6.07, 6.45) is 0.881. The van der Waals surface area contributed by atoms with Crippen LogP contribution in [0, 0.1) is 5.82 Å². The van der Waals surface area contributed by atoms with Gasteiger partial charge < -0.3 is 5.32 Å². The molecule has 0 aliphatic carbocycles. The minimum Gasteiger partial charge on any atom is -0.382 e. The lowest BCUT2D eigenvalue weighted by Crippen LogP contribution is -2.18. The lowest BCUT2D eigenvalue weighted by molar-refractivity contribution is 0.621. The van der Waals surface area contributed by atoms with Crippen LogP contribution in [-0.4, -0.2) is 6.04 Å². The Morgan fingerprint density at radius 2 is 1.89 bits per heavy atom. The lowest BCUT2D eigenvalue weighted by atomic mass is 10.1. The summed E-state index contributed by atoms with van der Waals surface area (Å²) in [5.41, 5.74) is 2.11. The van der Waals surface area contributed by atoms with Crippen molar-refractivity contribution in [2.24, 2.45) is 0 Å². The zero-order chi connectivity index (χ0) is 13.8. The van der Waals surface area contributed by atoms with E-state index in [0.29, 0.717) is 4.47 Å². The summed E-state index contributed by atoms with van der Waals surface area (Å²) < 4.78 is 13.6. The lowest BCUT2D eigenvalue weighted by Gasteiger charge is -2.15. The van der Waals surface area contributed by atoms with Crippen LogP contribution in [0.1, 0.15) is 12.5 Å². The van der Waals surface area contributed by atoms with Crippen LogP contribution in [-0.2, 0) is 6.42 Å². The van der Waals surface area contributed by atoms with Crippen molar-refractivity contribution < 1.29 is 4.39 Å². The van der Waals surface area contributed by atoms with Crippen molar-refractivity contribution in [1.82, 2.24) is 0 Å². The van der Waals surface area contributed by atoms with Crippen molar-refractivity contribution in [3.63, 3.8) is 0 Å². The van der Waals surface area contributed by atoms with Crippen LogP contribution in [0.25, 0.3) is 0 Å².